The van der Waals surface area contributed by atoms with Crippen LogP contribution in [0, 0.1) is 23.2 Å². The number of allylic oxidation sites excluding steroid dienone is 4. The molecule has 0 unspecified atom stereocenters. The first-order valence-corrected chi connectivity index (χ1v) is 14.7. The van der Waals surface area contributed by atoms with Crippen LogP contribution in [0.5, 0.6) is 5.75 Å². The molecule has 212 valence electrons. The van der Waals surface area contributed by atoms with Gasteiger partial charge in [0.1, 0.15) is 12.4 Å². The smallest absolute Gasteiger partial charge is 0.204 e. The maximum Gasteiger partial charge on any atom is 0.204 e. The van der Waals surface area contributed by atoms with E-state index >= 15 is 0 Å². The molecular formula is C32H43NO6. The largest absolute Gasteiger partial charge is 0.486 e. The van der Waals surface area contributed by atoms with Crippen LogP contribution in [-0.4, -0.2) is 47.4 Å². The van der Waals surface area contributed by atoms with Crippen LogP contribution in [0.25, 0.3) is 0 Å². The molecule has 3 aliphatic carbocycles. The number of benzene rings is 1. The standard InChI is InChI=1S/C32H43NO6/c1-4-6-26(35)30-25(13-8-21-17-23(34)14-15-31(21,30)3)20-16-28-32(18-20,39-29(38-28)7-5-2)27(36)19-37-24-11-9-22(33)10-12-24/h9-12,14-15,17,20,25-26,28-30,35H,4-8,13,16,18-19,33H2,1-3H3/t20-,25+,26+,28-,29-,30-,31+,32-/m1/s1. The van der Waals surface area contributed by atoms with Crippen molar-refractivity contribution in [2.45, 2.75) is 96.2 Å². The van der Waals surface area contributed by atoms with Gasteiger partial charge < -0.3 is 25.1 Å². The Hall–Kier alpha value is -2.48. The van der Waals surface area contributed by atoms with E-state index in [0.29, 0.717) is 30.7 Å². The molecule has 0 bridgehead atoms. The number of anilines is 1. The van der Waals surface area contributed by atoms with Gasteiger partial charge in [0.15, 0.2) is 17.7 Å². The van der Waals surface area contributed by atoms with Crippen LogP contribution in [0.15, 0.2) is 48.1 Å². The zero-order valence-corrected chi connectivity index (χ0v) is 23.4. The van der Waals surface area contributed by atoms with Crippen molar-refractivity contribution in [3.8, 4) is 5.75 Å². The number of carbonyl (C=O) groups is 2. The van der Waals surface area contributed by atoms with E-state index in [1.54, 1.807) is 36.4 Å². The highest BCUT2D eigenvalue weighted by atomic mass is 16.7. The van der Waals surface area contributed by atoms with Gasteiger partial charge in [0.2, 0.25) is 5.78 Å². The molecule has 1 heterocycles. The topological polar surface area (TPSA) is 108 Å². The van der Waals surface area contributed by atoms with Crippen molar-refractivity contribution in [2.75, 3.05) is 12.3 Å². The lowest BCUT2D eigenvalue weighted by Gasteiger charge is -2.51. The number of rotatable bonds is 10. The lowest BCUT2D eigenvalue weighted by molar-refractivity contribution is -0.151. The van der Waals surface area contributed by atoms with Crippen molar-refractivity contribution in [1.82, 2.24) is 0 Å². The molecule has 2 saturated carbocycles. The van der Waals surface area contributed by atoms with Crippen LogP contribution < -0.4 is 10.5 Å². The third-order valence-corrected chi connectivity index (χ3v) is 9.61. The highest BCUT2D eigenvalue weighted by Crippen LogP contribution is 2.59. The molecule has 7 heteroatoms. The first kappa shape index (κ1) is 28.1. The second kappa shape index (κ2) is 11.2. The number of hydrogen-bond donors (Lipinski definition) is 2. The van der Waals surface area contributed by atoms with E-state index in [2.05, 4.69) is 20.8 Å². The zero-order valence-electron chi connectivity index (χ0n) is 23.4. The molecule has 1 saturated heterocycles. The SMILES string of the molecule is CCC[C@@H]1O[C@@H]2C[C@@H]([C@@H]3CCC4=CC(=O)C=C[C@]4(C)[C@H]3[C@@H](O)CCC)C[C@]2(C(=O)COc2ccc(N)cc2)O1. The van der Waals surface area contributed by atoms with E-state index < -0.39 is 18.0 Å². The molecule has 0 aromatic heterocycles. The molecule has 8 atom stereocenters. The van der Waals surface area contributed by atoms with E-state index in [9.17, 15) is 14.7 Å². The average molecular weight is 538 g/mol. The number of hydrogen-bond acceptors (Lipinski definition) is 7. The van der Waals surface area contributed by atoms with Crippen LogP contribution in [0.2, 0.25) is 0 Å². The number of aliphatic hydroxyl groups excluding tert-OH is 1. The van der Waals surface area contributed by atoms with Crippen LogP contribution in [0.3, 0.4) is 0 Å². The van der Waals surface area contributed by atoms with Gasteiger partial charge in [-0.3, -0.25) is 9.59 Å². The summed E-state index contributed by atoms with van der Waals surface area (Å²) in [7, 11) is 0. The fourth-order valence-electron chi connectivity index (χ4n) is 7.73. The summed E-state index contributed by atoms with van der Waals surface area (Å²) in [4.78, 5) is 26.1. The number of Topliss-reactive ketones (excluding diaryl/α,β-unsaturated/α-hetero) is 1. The molecule has 39 heavy (non-hydrogen) atoms. The number of aliphatic hydroxyl groups is 1. The van der Waals surface area contributed by atoms with Gasteiger partial charge in [-0.15, -0.1) is 0 Å². The Labute approximate surface area is 231 Å². The molecule has 4 aliphatic rings. The Bertz CT molecular complexity index is 1130. The minimum Gasteiger partial charge on any atom is -0.486 e. The van der Waals surface area contributed by atoms with E-state index in [1.807, 2.05) is 6.08 Å². The fraction of sp³-hybridized carbons (Fsp3) is 0.625. The van der Waals surface area contributed by atoms with Gasteiger partial charge in [0, 0.05) is 17.0 Å². The highest BCUT2D eigenvalue weighted by Gasteiger charge is 2.63. The summed E-state index contributed by atoms with van der Waals surface area (Å²) in [6.45, 7) is 6.24. The lowest BCUT2D eigenvalue weighted by atomic mass is 9.54. The van der Waals surface area contributed by atoms with Gasteiger partial charge in [-0.1, -0.05) is 45.3 Å². The molecule has 3 N–H and O–H groups in total. The summed E-state index contributed by atoms with van der Waals surface area (Å²) in [6.07, 6.45) is 10.4. The van der Waals surface area contributed by atoms with Crippen molar-refractivity contribution in [1.29, 1.82) is 0 Å². The maximum atomic E-state index is 13.9. The van der Waals surface area contributed by atoms with E-state index in [4.69, 9.17) is 19.9 Å². The zero-order chi connectivity index (χ0) is 27.8. The molecule has 0 amide bonds. The monoisotopic (exact) mass is 537 g/mol. The molecule has 1 aromatic rings. The molecule has 1 aromatic carbocycles. The summed E-state index contributed by atoms with van der Waals surface area (Å²) < 4.78 is 18.7. The predicted molar refractivity (Wildman–Crippen MR) is 149 cm³/mol. The fourth-order valence-corrected chi connectivity index (χ4v) is 7.73. The third-order valence-electron chi connectivity index (χ3n) is 9.61. The summed E-state index contributed by atoms with van der Waals surface area (Å²) in [5.74, 6) is 0.798. The third kappa shape index (κ3) is 5.21. The Morgan fingerprint density at radius 1 is 1.23 bits per heavy atom. The van der Waals surface area contributed by atoms with Crippen LogP contribution in [-0.2, 0) is 19.1 Å². The van der Waals surface area contributed by atoms with Crippen LogP contribution in [0.4, 0.5) is 5.69 Å². The van der Waals surface area contributed by atoms with Gasteiger partial charge in [-0.25, -0.2) is 0 Å². The number of carbonyl (C=O) groups excluding carboxylic acids is 2. The molecule has 0 spiro atoms. The number of nitrogens with two attached hydrogens (primary N) is 1. The minimum atomic E-state index is -1.05. The normalized spacial score (nSPS) is 36.3. The molecule has 7 nitrogen and oxygen atoms in total. The van der Waals surface area contributed by atoms with Crippen molar-refractivity contribution < 1.29 is 28.9 Å². The minimum absolute atomic E-state index is 0.0227. The number of fused-ring (bicyclic) bond motifs is 2. The highest BCUT2D eigenvalue weighted by molar-refractivity contribution is 6.01. The van der Waals surface area contributed by atoms with Gasteiger partial charge in [-0.2, -0.15) is 0 Å². The van der Waals surface area contributed by atoms with Gasteiger partial charge in [0.25, 0.3) is 0 Å². The number of nitrogen functional groups attached to an aromatic ring is 1. The predicted octanol–water partition coefficient (Wildman–Crippen LogP) is 5.17. The van der Waals surface area contributed by atoms with Crippen molar-refractivity contribution >= 4 is 17.3 Å². The Morgan fingerprint density at radius 2 is 2.00 bits per heavy atom. The Kier molecular flexibility index (Phi) is 8.05. The molecule has 1 aliphatic heterocycles. The van der Waals surface area contributed by atoms with Crippen molar-refractivity contribution in [3.63, 3.8) is 0 Å². The van der Waals surface area contributed by atoms with Crippen LogP contribution >= 0.6 is 0 Å². The van der Waals surface area contributed by atoms with E-state index in [0.717, 1.165) is 37.7 Å². The van der Waals surface area contributed by atoms with E-state index in [-0.39, 0.29) is 47.4 Å². The molecular weight excluding hydrogens is 494 g/mol. The first-order valence-electron chi connectivity index (χ1n) is 14.7. The first-order chi connectivity index (χ1) is 18.7. The van der Waals surface area contributed by atoms with Crippen molar-refractivity contribution in [3.05, 3.63) is 48.1 Å². The van der Waals surface area contributed by atoms with Gasteiger partial charge in [-0.05, 0) is 86.8 Å². The molecule has 3 fully saturated rings. The van der Waals surface area contributed by atoms with Gasteiger partial charge >= 0.3 is 0 Å². The van der Waals surface area contributed by atoms with Gasteiger partial charge in [0.05, 0.1) is 12.2 Å². The van der Waals surface area contributed by atoms with Crippen LogP contribution in [0.1, 0.15) is 72.1 Å². The summed E-state index contributed by atoms with van der Waals surface area (Å²) in [6, 6.07) is 7.02. The summed E-state index contributed by atoms with van der Waals surface area (Å²) >= 11 is 0. The Balaban J connectivity index is 1.40. The van der Waals surface area contributed by atoms with E-state index in [1.165, 1.54) is 0 Å². The molecule has 0 radical (unpaired) electrons. The summed E-state index contributed by atoms with van der Waals surface area (Å²) in [5.41, 5.74) is 6.11. The average Bonchev–Trinajstić information content (AvgIpc) is 3.43. The quantitative estimate of drug-likeness (QED) is 0.397. The molecule has 5 rings (SSSR count). The summed E-state index contributed by atoms with van der Waals surface area (Å²) in [5, 5.41) is 11.5. The number of ketones is 2. The second-order valence-corrected chi connectivity index (χ2v) is 12.1. The second-order valence-electron chi connectivity index (χ2n) is 12.1. The maximum absolute atomic E-state index is 13.9. The number of ether oxygens (including phenoxy) is 3. The lowest BCUT2D eigenvalue weighted by Crippen LogP contribution is -2.49. The Morgan fingerprint density at radius 3 is 2.72 bits per heavy atom. The van der Waals surface area contributed by atoms with Crippen molar-refractivity contribution in [2.24, 2.45) is 23.2 Å².